The average Bonchev–Trinajstić information content (AvgIpc) is 1.86. The van der Waals surface area contributed by atoms with E-state index in [4.69, 9.17) is 16.1 Å². The summed E-state index contributed by atoms with van der Waals surface area (Å²) in [6.45, 7) is 1.48. The van der Waals surface area contributed by atoms with Gasteiger partial charge in [0.05, 0.1) is 0 Å². The molecule has 0 rings (SSSR count). The molecule has 0 aromatic heterocycles. The van der Waals surface area contributed by atoms with Crippen LogP contribution in [-0.4, -0.2) is 22.1 Å². The van der Waals surface area contributed by atoms with Gasteiger partial charge in [-0.05, 0) is 6.42 Å². The number of hydrogen-bond donors (Lipinski definition) is 3. The normalized spacial score (nSPS) is 16.4. The Morgan fingerprint density at radius 3 is 2.44 bits per heavy atom. The highest BCUT2D eigenvalue weighted by atomic mass is 17.1. The maximum Gasteiger partial charge on any atom is 0.387 e. The Morgan fingerprint density at radius 1 is 1.89 bits per heavy atom. The molecule has 1 atom stereocenters. The first-order valence-corrected chi connectivity index (χ1v) is 2.41. The van der Waals surface area contributed by atoms with E-state index in [0.29, 0.717) is 0 Å². The van der Waals surface area contributed by atoms with Crippen LogP contribution in [0.2, 0.25) is 0 Å². The van der Waals surface area contributed by atoms with E-state index in [1.165, 1.54) is 6.92 Å². The third-order valence-electron chi connectivity index (χ3n) is 0.975. The van der Waals surface area contributed by atoms with E-state index in [1.807, 2.05) is 0 Å². The highest BCUT2D eigenvalue weighted by Crippen LogP contribution is 2.01. The van der Waals surface area contributed by atoms with E-state index in [9.17, 15) is 4.79 Å². The summed E-state index contributed by atoms with van der Waals surface area (Å²) < 4.78 is 0. The Kier molecular flexibility index (Phi) is 2.57. The Balaban J connectivity index is 3.97. The van der Waals surface area contributed by atoms with Crippen LogP contribution in [0.15, 0.2) is 0 Å². The van der Waals surface area contributed by atoms with Crippen LogP contribution in [0.25, 0.3) is 0 Å². The second-order valence-corrected chi connectivity index (χ2v) is 1.66. The van der Waals surface area contributed by atoms with Crippen molar-refractivity contribution >= 4 is 5.97 Å². The predicted molar refractivity (Wildman–Crippen MR) is 28.1 cm³/mol. The summed E-state index contributed by atoms with van der Waals surface area (Å²) in [7, 11) is 0. The van der Waals surface area contributed by atoms with Crippen molar-refractivity contribution in [2.45, 2.75) is 19.1 Å². The van der Waals surface area contributed by atoms with Gasteiger partial charge in [0.2, 0.25) is 5.72 Å². The molecule has 1 unspecified atom stereocenters. The average molecular weight is 135 g/mol. The lowest BCUT2D eigenvalue weighted by Crippen LogP contribution is -2.47. The molecular formula is C4H9NO4. The zero-order valence-corrected chi connectivity index (χ0v) is 5.00. The fourth-order valence-electron chi connectivity index (χ4n) is 0.223. The smallest absolute Gasteiger partial charge is 0.366 e. The van der Waals surface area contributed by atoms with Gasteiger partial charge in [0.15, 0.2) is 0 Å². The SMILES string of the molecule is CCC(N)(O)C(=O)OO. The summed E-state index contributed by atoms with van der Waals surface area (Å²) in [6.07, 6.45) is -0.00755. The molecule has 0 bridgehead atoms. The lowest BCUT2D eigenvalue weighted by atomic mass is 10.2. The quantitative estimate of drug-likeness (QED) is 0.258. The van der Waals surface area contributed by atoms with E-state index < -0.39 is 11.7 Å². The number of hydrogen-bond acceptors (Lipinski definition) is 5. The molecule has 0 saturated heterocycles. The third kappa shape index (κ3) is 1.96. The van der Waals surface area contributed by atoms with Crippen LogP contribution in [0.4, 0.5) is 0 Å². The van der Waals surface area contributed by atoms with Crippen molar-refractivity contribution in [3.8, 4) is 0 Å². The summed E-state index contributed by atoms with van der Waals surface area (Å²) in [5.41, 5.74) is 2.83. The molecule has 0 aliphatic heterocycles. The molecule has 9 heavy (non-hydrogen) atoms. The molecule has 4 N–H and O–H groups in total. The number of carbonyl (C=O) groups is 1. The fraction of sp³-hybridized carbons (Fsp3) is 0.750. The van der Waals surface area contributed by atoms with Crippen LogP contribution in [0.5, 0.6) is 0 Å². The second kappa shape index (κ2) is 2.77. The molecule has 0 aliphatic rings. The molecule has 0 fully saturated rings. The van der Waals surface area contributed by atoms with Crippen LogP contribution in [0.1, 0.15) is 13.3 Å². The van der Waals surface area contributed by atoms with Crippen molar-refractivity contribution in [3.63, 3.8) is 0 Å². The summed E-state index contributed by atoms with van der Waals surface area (Å²) in [5.74, 6) is -1.25. The van der Waals surface area contributed by atoms with Crippen LogP contribution in [-0.2, 0) is 9.68 Å². The third-order valence-corrected chi connectivity index (χ3v) is 0.975. The molecule has 0 spiro atoms. The van der Waals surface area contributed by atoms with Crippen molar-refractivity contribution in [2.75, 3.05) is 0 Å². The molecule has 5 nitrogen and oxygen atoms in total. The van der Waals surface area contributed by atoms with Crippen molar-refractivity contribution < 1.29 is 20.0 Å². The van der Waals surface area contributed by atoms with Gasteiger partial charge in [-0.25, -0.2) is 4.79 Å². The molecule has 5 heteroatoms. The lowest BCUT2D eigenvalue weighted by molar-refractivity contribution is -0.251. The van der Waals surface area contributed by atoms with Crippen molar-refractivity contribution in [3.05, 3.63) is 0 Å². The Morgan fingerprint density at radius 2 is 2.33 bits per heavy atom. The number of carbonyl (C=O) groups excluding carboxylic acids is 1. The predicted octanol–water partition coefficient (Wildman–Crippen LogP) is -0.940. The van der Waals surface area contributed by atoms with Crippen LogP contribution < -0.4 is 5.73 Å². The van der Waals surface area contributed by atoms with E-state index in [2.05, 4.69) is 4.89 Å². The van der Waals surface area contributed by atoms with E-state index in [-0.39, 0.29) is 6.42 Å². The molecule has 54 valence electrons. The van der Waals surface area contributed by atoms with Gasteiger partial charge in [-0.2, -0.15) is 5.26 Å². The van der Waals surface area contributed by atoms with Gasteiger partial charge in [-0.3, -0.25) is 10.6 Å². The molecule has 0 aromatic rings. The summed E-state index contributed by atoms with van der Waals surface area (Å²) in [6, 6.07) is 0. The minimum absolute atomic E-state index is 0.00755. The molecular weight excluding hydrogens is 126 g/mol. The first kappa shape index (κ1) is 8.35. The molecule has 0 amide bonds. The van der Waals surface area contributed by atoms with Crippen LogP contribution in [0.3, 0.4) is 0 Å². The minimum Gasteiger partial charge on any atom is -0.366 e. The Hall–Kier alpha value is -0.650. The zero-order valence-electron chi connectivity index (χ0n) is 5.00. The molecule has 0 heterocycles. The van der Waals surface area contributed by atoms with Gasteiger partial charge >= 0.3 is 5.97 Å². The van der Waals surface area contributed by atoms with Gasteiger partial charge < -0.3 is 5.11 Å². The molecule has 0 aromatic carbocycles. The lowest BCUT2D eigenvalue weighted by Gasteiger charge is -2.14. The van der Waals surface area contributed by atoms with Crippen molar-refractivity contribution in [1.82, 2.24) is 0 Å². The number of aliphatic hydroxyl groups is 1. The number of nitrogens with two attached hydrogens (primary N) is 1. The molecule has 0 radical (unpaired) electrons. The standard InChI is InChI=1S/C4H9NO4/c1-2-4(5,7)3(6)9-8/h7-8H,2,5H2,1H3. The molecule has 0 aliphatic carbocycles. The maximum atomic E-state index is 10.2. The topological polar surface area (TPSA) is 92.8 Å². The minimum atomic E-state index is -2.06. The zero-order chi connectivity index (χ0) is 7.49. The van der Waals surface area contributed by atoms with Gasteiger partial charge in [0.1, 0.15) is 0 Å². The first-order chi connectivity index (χ1) is 4.04. The largest absolute Gasteiger partial charge is 0.387 e. The highest BCUT2D eigenvalue weighted by Gasteiger charge is 2.30. The maximum absolute atomic E-state index is 10.2. The van der Waals surface area contributed by atoms with Crippen molar-refractivity contribution in [2.24, 2.45) is 5.73 Å². The fourth-order valence-corrected chi connectivity index (χ4v) is 0.223. The van der Waals surface area contributed by atoms with Gasteiger partial charge in [-0.15, -0.1) is 0 Å². The highest BCUT2D eigenvalue weighted by molar-refractivity contribution is 5.77. The van der Waals surface area contributed by atoms with Crippen molar-refractivity contribution in [1.29, 1.82) is 0 Å². The Bertz CT molecular complexity index is 111. The Labute approximate surface area is 52.0 Å². The van der Waals surface area contributed by atoms with Crippen LogP contribution >= 0.6 is 0 Å². The summed E-state index contributed by atoms with van der Waals surface area (Å²) >= 11 is 0. The van der Waals surface area contributed by atoms with Gasteiger partial charge in [0.25, 0.3) is 0 Å². The van der Waals surface area contributed by atoms with E-state index >= 15 is 0 Å². The van der Waals surface area contributed by atoms with E-state index in [1.54, 1.807) is 0 Å². The van der Waals surface area contributed by atoms with Gasteiger partial charge in [0, 0.05) is 0 Å². The van der Waals surface area contributed by atoms with E-state index in [0.717, 1.165) is 0 Å². The summed E-state index contributed by atoms with van der Waals surface area (Å²) in [5, 5.41) is 16.4. The second-order valence-electron chi connectivity index (χ2n) is 1.66. The number of rotatable bonds is 2. The first-order valence-electron chi connectivity index (χ1n) is 2.41. The van der Waals surface area contributed by atoms with Gasteiger partial charge in [-0.1, -0.05) is 6.92 Å². The summed E-state index contributed by atoms with van der Waals surface area (Å²) in [4.78, 5) is 13.4. The monoisotopic (exact) mass is 135 g/mol. The molecule has 0 saturated carbocycles. The van der Waals surface area contributed by atoms with Crippen LogP contribution in [0, 0.1) is 0 Å².